The van der Waals surface area contributed by atoms with Crippen molar-refractivity contribution in [1.82, 2.24) is 0 Å². The Hall–Kier alpha value is -7.34. The molecular weight excluding hydrogens is 915 g/mol. The highest BCUT2D eigenvalue weighted by Crippen LogP contribution is 2.50. The van der Waals surface area contributed by atoms with E-state index in [1.165, 1.54) is 106 Å². The molecule has 2 aliphatic rings. The van der Waals surface area contributed by atoms with Crippen LogP contribution in [-0.4, -0.2) is 11.0 Å². The van der Waals surface area contributed by atoms with E-state index in [4.69, 9.17) is 4.99 Å². The van der Waals surface area contributed by atoms with Crippen molar-refractivity contribution < 1.29 is 0 Å². The molecular formula is C67H49NS3. The monoisotopic (exact) mass is 963 g/mol. The first-order chi connectivity index (χ1) is 34.9. The van der Waals surface area contributed by atoms with E-state index in [9.17, 15) is 0 Å². The van der Waals surface area contributed by atoms with Gasteiger partial charge in [0.15, 0.2) is 0 Å². The molecule has 0 radical (unpaired) electrons. The highest BCUT2D eigenvalue weighted by atomic mass is 32.2. The lowest BCUT2D eigenvalue weighted by Gasteiger charge is -2.20. The van der Waals surface area contributed by atoms with Crippen LogP contribution in [0.25, 0.3) is 78.6 Å². The zero-order valence-electron chi connectivity index (χ0n) is 39.7. The minimum Gasteiger partial charge on any atom is -0.253 e. The predicted molar refractivity (Wildman–Crippen MR) is 312 cm³/mol. The molecule has 9 aromatic carbocycles. The van der Waals surface area contributed by atoms with E-state index in [1.54, 1.807) is 0 Å². The fourth-order valence-electron chi connectivity index (χ4n) is 11.3. The molecule has 71 heavy (non-hydrogen) atoms. The second-order valence-corrected chi connectivity index (χ2v) is 22.3. The topological polar surface area (TPSA) is 12.4 Å². The van der Waals surface area contributed by atoms with Gasteiger partial charge in [-0.15, -0.1) is 34.4 Å². The van der Waals surface area contributed by atoms with Crippen LogP contribution in [0.5, 0.6) is 0 Å². The standard InChI is InChI=1S/C67H49NS3/c1-5-43(29-35-60(48-28-31-57-55-23-13-15-25-62(55)70-64(57)39-48)68-42(4)45-27-30-56-54-22-12-14-24-61(54)69-63(56)38-45)51-34-33-50(67-65(51)58-32-26-44-16-8-9-20-52(44)66(58)71-67)41(3)49-19-10-11-21-53(49)59-37-47-18-7-6-17-46(47)36-40(59)2/h5-34,36-39,41,56,63H,1,4,35H2,2-3H3/b43-29-,68-60+. The first kappa shape index (κ1) is 43.7. The van der Waals surface area contributed by atoms with Gasteiger partial charge in [0.25, 0.3) is 0 Å². The van der Waals surface area contributed by atoms with Gasteiger partial charge in [-0.25, -0.2) is 0 Å². The largest absolute Gasteiger partial charge is 0.253 e. The summed E-state index contributed by atoms with van der Waals surface area (Å²) < 4.78 is 5.19. The quantitative estimate of drug-likeness (QED) is 0.0983. The van der Waals surface area contributed by atoms with Crippen LogP contribution in [0.1, 0.15) is 58.6 Å². The Kier molecular flexibility index (Phi) is 11.0. The molecule has 0 spiro atoms. The van der Waals surface area contributed by atoms with Gasteiger partial charge >= 0.3 is 0 Å². The van der Waals surface area contributed by atoms with E-state index in [2.05, 4.69) is 227 Å². The van der Waals surface area contributed by atoms with Gasteiger partial charge in [0.1, 0.15) is 0 Å². The van der Waals surface area contributed by atoms with Crippen molar-refractivity contribution >= 4 is 108 Å². The van der Waals surface area contributed by atoms with Crippen LogP contribution in [-0.2, 0) is 0 Å². The molecule has 1 aliphatic heterocycles. The summed E-state index contributed by atoms with van der Waals surface area (Å²) in [4.78, 5) is 6.84. The number of hydrogen-bond acceptors (Lipinski definition) is 4. The van der Waals surface area contributed by atoms with Crippen molar-refractivity contribution in [2.45, 2.75) is 42.2 Å². The van der Waals surface area contributed by atoms with Gasteiger partial charge in [-0.2, -0.15) is 0 Å². The van der Waals surface area contributed by atoms with Gasteiger partial charge in [-0.3, -0.25) is 4.99 Å². The summed E-state index contributed by atoms with van der Waals surface area (Å²) in [7, 11) is 0. The summed E-state index contributed by atoms with van der Waals surface area (Å²) in [6, 6.07) is 65.0. The molecule has 3 atom stereocenters. The Morgan fingerprint density at radius 1 is 0.648 bits per heavy atom. The normalized spacial score (nSPS) is 16.3. The van der Waals surface area contributed by atoms with E-state index in [-0.39, 0.29) is 5.92 Å². The molecule has 3 unspecified atom stereocenters. The van der Waals surface area contributed by atoms with E-state index < -0.39 is 0 Å². The van der Waals surface area contributed by atoms with E-state index in [1.807, 2.05) is 40.5 Å². The van der Waals surface area contributed by atoms with Gasteiger partial charge < -0.3 is 0 Å². The summed E-state index contributed by atoms with van der Waals surface area (Å²) >= 11 is 5.72. The Labute approximate surface area is 427 Å². The van der Waals surface area contributed by atoms with Gasteiger partial charge in [0, 0.05) is 68.7 Å². The SMILES string of the molecule is C=C/C(=C/C/C(=N\C(=C)C1=CC2Sc3ccccc3C2C=C1)c1ccc2c(c1)sc1ccccc12)c1ccc(C(C)c2ccccc2-c2cc3ccccc3cc2C)c2sc3c4ccccc4ccc3c12. The summed E-state index contributed by atoms with van der Waals surface area (Å²) in [5, 5.41) is 10.5. The zero-order chi connectivity index (χ0) is 47.7. The highest BCUT2D eigenvalue weighted by molar-refractivity contribution is 8.00. The molecule has 0 N–H and O–H groups in total. The van der Waals surface area contributed by atoms with Gasteiger partial charge in [0.2, 0.25) is 0 Å². The average molecular weight is 964 g/mol. The molecule has 13 rings (SSSR count). The zero-order valence-corrected chi connectivity index (χ0v) is 42.1. The van der Waals surface area contributed by atoms with Gasteiger partial charge in [-0.1, -0.05) is 202 Å². The highest BCUT2D eigenvalue weighted by Gasteiger charge is 2.32. The number of nitrogens with zero attached hydrogens (tertiary/aromatic N) is 1. The number of aryl methyl sites for hydroxylation is 1. The van der Waals surface area contributed by atoms with Crippen molar-refractivity contribution in [3.05, 3.63) is 264 Å². The lowest BCUT2D eigenvalue weighted by molar-refractivity contribution is 0.873. The second kappa shape index (κ2) is 17.8. The number of allylic oxidation sites excluding steroid dienone is 5. The first-order valence-electron chi connectivity index (χ1n) is 24.5. The summed E-state index contributed by atoms with van der Waals surface area (Å²) in [6.07, 6.45) is 12.0. The van der Waals surface area contributed by atoms with Crippen LogP contribution < -0.4 is 0 Å². The van der Waals surface area contributed by atoms with Crippen LogP contribution in [0.4, 0.5) is 0 Å². The summed E-state index contributed by atoms with van der Waals surface area (Å²) in [5.41, 5.74) is 14.2. The second-order valence-electron chi connectivity index (χ2n) is 19.0. The lowest BCUT2D eigenvalue weighted by atomic mass is 9.84. The van der Waals surface area contributed by atoms with E-state index in [0.29, 0.717) is 17.6 Å². The summed E-state index contributed by atoms with van der Waals surface area (Å²) in [5.74, 6) is 0.485. The third-order valence-electron chi connectivity index (χ3n) is 14.9. The number of thiophene rings is 2. The molecule has 2 aromatic heterocycles. The molecule has 0 fully saturated rings. The Morgan fingerprint density at radius 2 is 1.38 bits per heavy atom. The molecule has 0 amide bonds. The van der Waals surface area contributed by atoms with Crippen LogP contribution >= 0.6 is 34.4 Å². The Morgan fingerprint density at radius 3 is 2.25 bits per heavy atom. The molecule has 0 saturated heterocycles. The smallest absolute Gasteiger partial charge is 0.0631 e. The fraction of sp³-hybridized carbons (Fsp3) is 0.0896. The third kappa shape index (κ3) is 7.56. The number of thioether (sulfide) groups is 1. The molecule has 1 aliphatic carbocycles. The molecule has 3 heterocycles. The molecule has 0 bridgehead atoms. The molecule has 11 aromatic rings. The number of benzene rings is 9. The van der Waals surface area contributed by atoms with Crippen molar-refractivity contribution in [2.24, 2.45) is 4.99 Å². The van der Waals surface area contributed by atoms with Crippen molar-refractivity contribution in [3.8, 4) is 11.1 Å². The minimum absolute atomic E-state index is 0.118. The maximum absolute atomic E-state index is 5.48. The molecule has 4 heteroatoms. The fourth-order valence-corrected chi connectivity index (χ4v) is 15.3. The van der Waals surface area contributed by atoms with Crippen LogP contribution in [0.15, 0.2) is 241 Å². The maximum atomic E-state index is 5.48. The first-order valence-corrected chi connectivity index (χ1v) is 27.0. The van der Waals surface area contributed by atoms with E-state index in [0.717, 1.165) is 28.1 Å². The lowest BCUT2D eigenvalue weighted by Crippen LogP contribution is -2.10. The maximum Gasteiger partial charge on any atom is 0.0631 e. The number of fused-ring (bicyclic) bond motifs is 12. The third-order valence-corrected chi connectivity index (χ3v) is 18.6. The van der Waals surface area contributed by atoms with Crippen molar-refractivity contribution in [3.63, 3.8) is 0 Å². The molecule has 1 nitrogen and oxygen atoms in total. The van der Waals surface area contributed by atoms with Crippen molar-refractivity contribution in [2.75, 3.05) is 0 Å². The van der Waals surface area contributed by atoms with Gasteiger partial charge in [-0.05, 0) is 108 Å². The number of aliphatic imine (C=N–C) groups is 1. The van der Waals surface area contributed by atoms with Gasteiger partial charge in [0.05, 0.1) is 11.4 Å². The Balaban J connectivity index is 0.935. The Bertz CT molecular complexity index is 4150. The van der Waals surface area contributed by atoms with Crippen LogP contribution in [0, 0.1) is 6.92 Å². The van der Waals surface area contributed by atoms with Crippen LogP contribution in [0.3, 0.4) is 0 Å². The van der Waals surface area contributed by atoms with E-state index >= 15 is 0 Å². The van der Waals surface area contributed by atoms with Crippen LogP contribution in [0.2, 0.25) is 0 Å². The molecule has 0 saturated carbocycles. The average Bonchev–Trinajstić information content (AvgIpc) is 4.12. The number of rotatable bonds is 10. The summed E-state index contributed by atoms with van der Waals surface area (Å²) in [6.45, 7) is 13.8. The van der Waals surface area contributed by atoms with Crippen molar-refractivity contribution in [1.29, 1.82) is 0 Å². The minimum atomic E-state index is 0.118. The molecule has 340 valence electrons. The number of hydrogen-bond donors (Lipinski definition) is 0. The predicted octanol–water partition coefficient (Wildman–Crippen LogP) is 19.6.